The molecule has 0 amide bonds. The fraction of sp³-hybridized carbons (Fsp3) is 0.500. The molecule has 6 nitrogen and oxygen atoms in total. The van der Waals surface area contributed by atoms with E-state index < -0.39 is 6.10 Å². The maximum atomic E-state index is 10.8. The topological polar surface area (TPSA) is 58.1 Å². The van der Waals surface area contributed by atoms with E-state index in [-0.39, 0.29) is 0 Å². The second-order valence-electron chi connectivity index (χ2n) is 7.32. The van der Waals surface area contributed by atoms with Crippen LogP contribution < -0.4 is 9.47 Å². The summed E-state index contributed by atoms with van der Waals surface area (Å²) in [5.74, 6) is 1.41. The molecule has 0 saturated carbocycles. The maximum Gasteiger partial charge on any atom is 0.124 e. The van der Waals surface area contributed by atoms with E-state index in [4.69, 9.17) is 9.47 Å². The Morgan fingerprint density at radius 2 is 1.86 bits per heavy atom. The average molecular weight is 386 g/mol. The van der Waals surface area contributed by atoms with Crippen molar-refractivity contribution < 1.29 is 14.6 Å². The molecule has 1 N–H and O–H groups in total. The third kappa shape index (κ3) is 5.22. The molecule has 1 saturated heterocycles. The van der Waals surface area contributed by atoms with Crippen LogP contribution >= 0.6 is 0 Å². The van der Waals surface area contributed by atoms with Gasteiger partial charge in [0.25, 0.3) is 0 Å². The largest absolute Gasteiger partial charge is 0.497 e. The first-order chi connectivity index (χ1) is 13.6. The Hall–Kier alpha value is -2.15. The zero-order valence-electron chi connectivity index (χ0n) is 17.1. The van der Waals surface area contributed by atoms with Gasteiger partial charge in [0.05, 0.1) is 26.0 Å². The second-order valence-corrected chi connectivity index (χ2v) is 7.32. The Labute approximate surface area is 167 Å². The highest BCUT2D eigenvalue weighted by molar-refractivity contribution is 5.41. The Morgan fingerprint density at radius 1 is 1.07 bits per heavy atom. The van der Waals surface area contributed by atoms with Crippen LogP contribution in [0, 0.1) is 6.92 Å². The Balaban J connectivity index is 1.59. The van der Waals surface area contributed by atoms with Crippen LogP contribution in [0.4, 0.5) is 0 Å². The van der Waals surface area contributed by atoms with Crippen LogP contribution in [0.5, 0.6) is 11.5 Å². The summed E-state index contributed by atoms with van der Waals surface area (Å²) in [7, 11) is 3.26. The fourth-order valence-electron chi connectivity index (χ4n) is 3.70. The molecule has 0 spiro atoms. The lowest BCUT2D eigenvalue weighted by Gasteiger charge is -2.25. The summed E-state index contributed by atoms with van der Waals surface area (Å²) in [6.07, 6.45) is 2.33. The van der Waals surface area contributed by atoms with Gasteiger partial charge in [-0.05, 0) is 56.3 Å². The minimum atomic E-state index is -0.616. The monoisotopic (exact) mass is 385 g/mol. The van der Waals surface area contributed by atoms with E-state index in [0.29, 0.717) is 12.3 Å². The molecule has 0 bridgehead atoms. The highest BCUT2D eigenvalue weighted by Gasteiger charge is 2.21. The first-order valence-electron chi connectivity index (χ1n) is 9.86. The molecule has 1 aliphatic heterocycles. The van der Waals surface area contributed by atoms with E-state index in [1.54, 1.807) is 14.2 Å². The molecule has 2 aromatic rings. The smallest absolute Gasteiger partial charge is 0.124 e. The van der Waals surface area contributed by atoms with Crippen molar-refractivity contribution in [2.75, 3.05) is 46.9 Å². The predicted molar refractivity (Wildman–Crippen MR) is 110 cm³/mol. The Bertz CT molecular complexity index is 768. The lowest BCUT2D eigenvalue weighted by molar-refractivity contribution is 0.112. The van der Waals surface area contributed by atoms with Crippen LogP contribution in [0.15, 0.2) is 36.5 Å². The number of hydrogen-bond donors (Lipinski definition) is 1. The molecule has 152 valence electrons. The van der Waals surface area contributed by atoms with Crippen LogP contribution in [-0.2, 0) is 6.54 Å². The number of nitrogens with zero attached hydrogens (tertiary/aromatic N) is 3. The molecule has 3 rings (SSSR count). The molecule has 6 heteroatoms. The summed E-state index contributed by atoms with van der Waals surface area (Å²) in [6.45, 7) is 7.50. The van der Waals surface area contributed by atoms with Crippen molar-refractivity contribution in [3.8, 4) is 11.5 Å². The summed E-state index contributed by atoms with van der Waals surface area (Å²) in [4.78, 5) is 9.30. The maximum absolute atomic E-state index is 10.8. The van der Waals surface area contributed by atoms with Gasteiger partial charge in [-0.25, -0.2) is 0 Å². The zero-order chi connectivity index (χ0) is 19.9. The highest BCUT2D eigenvalue weighted by atomic mass is 16.5. The molecule has 28 heavy (non-hydrogen) atoms. The number of aromatic nitrogens is 1. The molecule has 0 unspecified atom stereocenters. The number of hydrogen-bond acceptors (Lipinski definition) is 6. The van der Waals surface area contributed by atoms with E-state index >= 15 is 0 Å². The molecular formula is C22H31N3O3. The van der Waals surface area contributed by atoms with Gasteiger partial charge in [0, 0.05) is 37.9 Å². The van der Waals surface area contributed by atoms with Gasteiger partial charge >= 0.3 is 0 Å². The summed E-state index contributed by atoms with van der Waals surface area (Å²) in [5.41, 5.74) is 3.16. The number of rotatable bonds is 7. The van der Waals surface area contributed by atoms with Crippen LogP contribution in [0.2, 0.25) is 0 Å². The van der Waals surface area contributed by atoms with E-state index in [1.165, 1.54) is 5.56 Å². The molecule has 1 fully saturated rings. The van der Waals surface area contributed by atoms with Crippen LogP contribution in [0.25, 0.3) is 0 Å². The quantitative estimate of drug-likeness (QED) is 0.791. The van der Waals surface area contributed by atoms with Crippen LogP contribution in [0.1, 0.15) is 29.3 Å². The van der Waals surface area contributed by atoms with Crippen molar-refractivity contribution in [2.45, 2.75) is 26.0 Å². The molecule has 1 aromatic carbocycles. The number of ether oxygens (including phenoxy) is 2. The van der Waals surface area contributed by atoms with Gasteiger partial charge in [0.15, 0.2) is 0 Å². The van der Waals surface area contributed by atoms with Crippen molar-refractivity contribution in [3.05, 3.63) is 53.3 Å². The summed E-state index contributed by atoms with van der Waals surface area (Å²) in [6, 6.07) is 9.65. The highest BCUT2D eigenvalue weighted by Crippen LogP contribution is 2.30. The minimum absolute atomic E-state index is 0.583. The molecule has 1 aliphatic rings. The first kappa shape index (κ1) is 20.6. The molecule has 2 heterocycles. The summed E-state index contributed by atoms with van der Waals surface area (Å²) < 4.78 is 10.7. The number of pyridine rings is 1. The minimum Gasteiger partial charge on any atom is -0.497 e. The van der Waals surface area contributed by atoms with Gasteiger partial charge < -0.3 is 14.6 Å². The van der Waals surface area contributed by atoms with Gasteiger partial charge in [-0.2, -0.15) is 0 Å². The molecular weight excluding hydrogens is 354 g/mol. The lowest BCUT2D eigenvalue weighted by atomic mass is 10.1. The standard InChI is InChI=1S/C22H31N3O3/c1-17-6-4-9-23-20(17)15-24-10-5-11-25(13-12-24)16-21(26)19-14-18(27-2)7-8-22(19)28-3/h4,6-9,14,21,26H,5,10-13,15-16H2,1-3H3/t21-/m0/s1. The van der Waals surface area contributed by atoms with Crippen LogP contribution in [-0.4, -0.2) is 66.8 Å². The van der Waals surface area contributed by atoms with Crippen molar-refractivity contribution in [3.63, 3.8) is 0 Å². The second kappa shape index (κ2) is 9.87. The Kier molecular flexibility index (Phi) is 7.25. The SMILES string of the molecule is COc1ccc(OC)c([C@@H](O)CN2CCCN(Cc3ncccc3C)CC2)c1. The van der Waals surface area contributed by atoms with Gasteiger partial charge in [-0.3, -0.25) is 14.8 Å². The molecule has 0 aliphatic carbocycles. The number of benzene rings is 1. The number of aliphatic hydroxyl groups is 1. The van der Waals surface area contributed by atoms with Crippen molar-refractivity contribution in [1.82, 2.24) is 14.8 Å². The van der Waals surface area contributed by atoms with Crippen molar-refractivity contribution >= 4 is 0 Å². The number of β-amino-alcohol motifs (C(OH)–C–C–N with tert-alkyl or cyclic N) is 1. The Morgan fingerprint density at radius 3 is 2.61 bits per heavy atom. The summed E-state index contributed by atoms with van der Waals surface area (Å²) >= 11 is 0. The lowest BCUT2D eigenvalue weighted by Crippen LogP contribution is -2.33. The number of aryl methyl sites for hydroxylation is 1. The third-order valence-electron chi connectivity index (χ3n) is 5.40. The molecule has 0 radical (unpaired) electrons. The fourth-order valence-corrected chi connectivity index (χ4v) is 3.70. The van der Waals surface area contributed by atoms with Crippen LogP contribution in [0.3, 0.4) is 0 Å². The zero-order valence-corrected chi connectivity index (χ0v) is 17.1. The van der Waals surface area contributed by atoms with E-state index in [1.807, 2.05) is 30.5 Å². The van der Waals surface area contributed by atoms with E-state index in [2.05, 4.69) is 27.8 Å². The third-order valence-corrected chi connectivity index (χ3v) is 5.40. The van der Waals surface area contributed by atoms with Gasteiger partial charge in [-0.15, -0.1) is 0 Å². The van der Waals surface area contributed by atoms with Crippen molar-refractivity contribution in [2.24, 2.45) is 0 Å². The van der Waals surface area contributed by atoms with Crippen molar-refractivity contribution in [1.29, 1.82) is 0 Å². The molecule has 1 aromatic heterocycles. The number of methoxy groups -OCH3 is 2. The van der Waals surface area contributed by atoms with Gasteiger partial charge in [0.1, 0.15) is 11.5 Å². The van der Waals surface area contributed by atoms with E-state index in [0.717, 1.165) is 56.2 Å². The normalized spacial score (nSPS) is 17.1. The molecule has 1 atom stereocenters. The van der Waals surface area contributed by atoms with Gasteiger partial charge in [0.2, 0.25) is 0 Å². The predicted octanol–water partition coefficient (Wildman–Crippen LogP) is 2.65. The first-order valence-corrected chi connectivity index (χ1v) is 9.86. The average Bonchev–Trinajstić information content (AvgIpc) is 2.94. The number of aliphatic hydroxyl groups excluding tert-OH is 1. The van der Waals surface area contributed by atoms with Gasteiger partial charge in [-0.1, -0.05) is 6.07 Å². The summed E-state index contributed by atoms with van der Waals surface area (Å²) in [5, 5.41) is 10.8. The van der Waals surface area contributed by atoms with E-state index in [9.17, 15) is 5.11 Å².